The number of rotatable bonds is 6. The Morgan fingerprint density at radius 3 is 2.50 bits per heavy atom. The Hall–Kier alpha value is -0.900. The largest absolute Gasteiger partial charge is 0.338 e. The topological polar surface area (TPSA) is 42.2 Å². The molecule has 0 radical (unpaired) electrons. The summed E-state index contributed by atoms with van der Waals surface area (Å²) in [6.07, 6.45) is 2.01. The molecule has 4 nitrogen and oxygen atoms in total. The van der Waals surface area contributed by atoms with Gasteiger partial charge in [0.1, 0.15) is 0 Å². The summed E-state index contributed by atoms with van der Waals surface area (Å²) < 4.78 is 5.18. The van der Waals surface area contributed by atoms with Crippen LogP contribution in [0.4, 0.5) is 0 Å². The van der Waals surface area contributed by atoms with Gasteiger partial charge in [-0.15, -0.1) is 0 Å². The predicted molar refractivity (Wildman–Crippen MR) is 64.1 cm³/mol. The molecule has 0 spiro atoms. The van der Waals surface area contributed by atoms with Gasteiger partial charge in [0, 0.05) is 12.5 Å². The molecule has 16 heavy (non-hydrogen) atoms. The van der Waals surface area contributed by atoms with Crippen LogP contribution < -0.4 is 0 Å². The van der Waals surface area contributed by atoms with E-state index in [0.29, 0.717) is 12.0 Å². The highest BCUT2D eigenvalue weighted by molar-refractivity contribution is 4.85. The third-order valence-corrected chi connectivity index (χ3v) is 2.78. The van der Waals surface area contributed by atoms with E-state index in [-0.39, 0.29) is 0 Å². The Labute approximate surface area is 98.0 Å². The molecule has 0 saturated carbocycles. The molecule has 1 heterocycles. The number of hydrogen-bond donors (Lipinski definition) is 0. The monoisotopic (exact) mass is 225 g/mol. The van der Waals surface area contributed by atoms with E-state index in [1.165, 1.54) is 6.42 Å². The van der Waals surface area contributed by atoms with E-state index < -0.39 is 0 Å². The fraction of sp³-hybridized carbons (Fsp3) is 0.833. The summed E-state index contributed by atoms with van der Waals surface area (Å²) in [5, 5.41) is 3.90. The first kappa shape index (κ1) is 13.2. The highest BCUT2D eigenvalue weighted by atomic mass is 16.5. The van der Waals surface area contributed by atoms with E-state index in [0.717, 1.165) is 24.7 Å². The van der Waals surface area contributed by atoms with Crippen LogP contribution in [0.5, 0.6) is 0 Å². The SMILES string of the molecule is CCc1noc(CN(C)[C@@H](C)CC(C)C)n1. The Bertz CT molecular complexity index is 309. The Kier molecular flexibility index (Phi) is 4.93. The van der Waals surface area contributed by atoms with Gasteiger partial charge >= 0.3 is 0 Å². The van der Waals surface area contributed by atoms with Gasteiger partial charge in [0.25, 0.3) is 0 Å². The van der Waals surface area contributed by atoms with Crippen molar-refractivity contribution in [3.63, 3.8) is 0 Å². The molecule has 0 aromatic carbocycles. The van der Waals surface area contributed by atoms with E-state index in [2.05, 4.69) is 42.9 Å². The van der Waals surface area contributed by atoms with Gasteiger partial charge in [-0.05, 0) is 26.3 Å². The average molecular weight is 225 g/mol. The summed E-state index contributed by atoms with van der Waals surface area (Å²) in [5.41, 5.74) is 0. The van der Waals surface area contributed by atoms with Crippen LogP contribution >= 0.6 is 0 Å². The molecule has 0 unspecified atom stereocenters. The Morgan fingerprint density at radius 2 is 2.00 bits per heavy atom. The number of hydrogen-bond acceptors (Lipinski definition) is 4. The van der Waals surface area contributed by atoms with Crippen LogP contribution in [0, 0.1) is 5.92 Å². The zero-order valence-corrected chi connectivity index (χ0v) is 11.0. The van der Waals surface area contributed by atoms with Crippen molar-refractivity contribution in [2.24, 2.45) is 5.92 Å². The minimum atomic E-state index is 0.539. The molecule has 1 atom stereocenters. The highest BCUT2D eigenvalue weighted by Crippen LogP contribution is 2.12. The molecule has 0 aliphatic carbocycles. The molecule has 1 aromatic rings. The second-order valence-electron chi connectivity index (χ2n) is 4.85. The van der Waals surface area contributed by atoms with Crippen LogP contribution in [-0.4, -0.2) is 28.1 Å². The van der Waals surface area contributed by atoms with Crippen molar-refractivity contribution in [2.75, 3.05) is 7.05 Å². The number of aromatic nitrogens is 2. The molecule has 1 aromatic heterocycles. The van der Waals surface area contributed by atoms with Crippen molar-refractivity contribution in [3.8, 4) is 0 Å². The van der Waals surface area contributed by atoms with Crippen LogP contribution in [-0.2, 0) is 13.0 Å². The first-order chi connectivity index (χ1) is 7.52. The summed E-state index contributed by atoms with van der Waals surface area (Å²) in [5.74, 6) is 2.22. The molecule has 0 amide bonds. The second-order valence-corrected chi connectivity index (χ2v) is 4.85. The summed E-state index contributed by atoms with van der Waals surface area (Å²) in [4.78, 5) is 6.57. The molecule has 0 aliphatic heterocycles. The maximum Gasteiger partial charge on any atom is 0.240 e. The summed E-state index contributed by atoms with van der Waals surface area (Å²) in [7, 11) is 2.10. The van der Waals surface area contributed by atoms with Gasteiger partial charge in [0.15, 0.2) is 5.82 Å². The lowest BCUT2D eigenvalue weighted by Crippen LogP contribution is -2.29. The molecule has 1 rings (SSSR count). The molecular formula is C12H23N3O. The molecule has 0 aliphatic rings. The maximum atomic E-state index is 5.18. The molecule has 4 heteroatoms. The van der Waals surface area contributed by atoms with Gasteiger partial charge in [-0.2, -0.15) is 4.98 Å². The quantitative estimate of drug-likeness (QED) is 0.746. The van der Waals surface area contributed by atoms with Gasteiger partial charge in [-0.3, -0.25) is 4.90 Å². The zero-order valence-electron chi connectivity index (χ0n) is 11.0. The van der Waals surface area contributed by atoms with Crippen molar-refractivity contribution in [1.82, 2.24) is 15.0 Å². The second kappa shape index (κ2) is 5.99. The number of nitrogens with zero attached hydrogens (tertiary/aromatic N) is 3. The normalized spacial score (nSPS) is 13.7. The van der Waals surface area contributed by atoms with Gasteiger partial charge < -0.3 is 4.52 Å². The van der Waals surface area contributed by atoms with Crippen molar-refractivity contribution in [2.45, 2.75) is 53.1 Å². The Balaban J connectivity index is 2.46. The predicted octanol–water partition coefficient (Wildman–Crippen LogP) is 2.50. The zero-order chi connectivity index (χ0) is 12.1. The van der Waals surface area contributed by atoms with Gasteiger partial charge in [-0.25, -0.2) is 0 Å². The molecular weight excluding hydrogens is 202 g/mol. The van der Waals surface area contributed by atoms with E-state index >= 15 is 0 Å². The average Bonchev–Trinajstić information content (AvgIpc) is 2.64. The van der Waals surface area contributed by atoms with Gasteiger partial charge in [-0.1, -0.05) is 25.9 Å². The lowest BCUT2D eigenvalue weighted by atomic mass is 10.0. The standard InChI is InChI=1S/C12H23N3O/c1-6-11-13-12(16-14-11)8-15(5)10(4)7-9(2)3/h9-10H,6-8H2,1-5H3/t10-/m0/s1. The maximum absolute atomic E-state index is 5.18. The van der Waals surface area contributed by atoms with Gasteiger partial charge in [0.05, 0.1) is 6.54 Å². The van der Waals surface area contributed by atoms with E-state index in [9.17, 15) is 0 Å². The minimum absolute atomic E-state index is 0.539. The van der Waals surface area contributed by atoms with Crippen LogP contribution in [0.3, 0.4) is 0 Å². The van der Waals surface area contributed by atoms with E-state index in [1.807, 2.05) is 6.92 Å². The van der Waals surface area contributed by atoms with Crippen LogP contribution in [0.1, 0.15) is 45.8 Å². The van der Waals surface area contributed by atoms with Gasteiger partial charge in [0.2, 0.25) is 5.89 Å². The fourth-order valence-corrected chi connectivity index (χ4v) is 1.73. The molecule has 0 fully saturated rings. The first-order valence-corrected chi connectivity index (χ1v) is 6.04. The van der Waals surface area contributed by atoms with Crippen LogP contribution in [0.2, 0.25) is 0 Å². The van der Waals surface area contributed by atoms with Crippen LogP contribution in [0.15, 0.2) is 4.52 Å². The molecule has 0 saturated heterocycles. The van der Waals surface area contributed by atoms with Crippen molar-refractivity contribution in [3.05, 3.63) is 11.7 Å². The van der Waals surface area contributed by atoms with Crippen molar-refractivity contribution >= 4 is 0 Å². The Morgan fingerprint density at radius 1 is 1.31 bits per heavy atom. The summed E-state index contributed by atoms with van der Waals surface area (Å²) in [6.45, 7) is 9.48. The highest BCUT2D eigenvalue weighted by Gasteiger charge is 2.14. The summed E-state index contributed by atoms with van der Waals surface area (Å²) in [6, 6.07) is 0.539. The lowest BCUT2D eigenvalue weighted by Gasteiger charge is -2.24. The van der Waals surface area contributed by atoms with E-state index in [4.69, 9.17) is 4.52 Å². The van der Waals surface area contributed by atoms with Crippen molar-refractivity contribution < 1.29 is 4.52 Å². The van der Waals surface area contributed by atoms with Crippen LogP contribution in [0.25, 0.3) is 0 Å². The van der Waals surface area contributed by atoms with Crippen molar-refractivity contribution in [1.29, 1.82) is 0 Å². The third kappa shape index (κ3) is 3.93. The first-order valence-electron chi connectivity index (χ1n) is 6.04. The third-order valence-electron chi connectivity index (χ3n) is 2.78. The molecule has 0 bridgehead atoms. The molecule has 0 N–H and O–H groups in total. The molecule has 92 valence electrons. The smallest absolute Gasteiger partial charge is 0.240 e. The lowest BCUT2D eigenvalue weighted by molar-refractivity contribution is 0.194. The number of aryl methyl sites for hydroxylation is 1. The minimum Gasteiger partial charge on any atom is -0.338 e. The fourth-order valence-electron chi connectivity index (χ4n) is 1.73. The van der Waals surface area contributed by atoms with E-state index in [1.54, 1.807) is 0 Å². The summed E-state index contributed by atoms with van der Waals surface area (Å²) >= 11 is 0.